The molecule has 0 aromatic carbocycles. The molecular formula is C19H29N5O2. The Labute approximate surface area is 155 Å². The third kappa shape index (κ3) is 5.17. The van der Waals surface area contributed by atoms with Gasteiger partial charge < -0.3 is 20.4 Å². The van der Waals surface area contributed by atoms with Crippen molar-refractivity contribution in [1.82, 2.24) is 25.4 Å². The summed E-state index contributed by atoms with van der Waals surface area (Å²) in [4.78, 5) is 32.8. The van der Waals surface area contributed by atoms with Gasteiger partial charge in [0.2, 0.25) is 5.91 Å². The van der Waals surface area contributed by atoms with Crippen LogP contribution in [-0.2, 0) is 11.2 Å². The third-order valence-electron chi connectivity index (χ3n) is 5.38. The molecule has 1 saturated carbocycles. The molecule has 1 aliphatic heterocycles. The van der Waals surface area contributed by atoms with Crippen molar-refractivity contribution in [2.24, 2.45) is 5.92 Å². The molecule has 2 fully saturated rings. The number of pyridine rings is 1. The van der Waals surface area contributed by atoms with Gasteiger partial charge in [-0.15, -0.1) is 0 Å². The first-order valence-corrected chi connectivity index (χ1v) is 9.52. The third-order valence-corrected chi connectivity index (χ3v) is 5.38. The summed E-state index contributed by atoms with van der Waals surface area (Å²) in [5, 5.41) is 6.14. The minimum Gasteiger partial charge on any atom is -0.356 e. The fraction of sp³-hybridized carbons (Fsp3) is 0.632. The molecular weight excluding hydrogens is 330 g/mol. The largest absolute Gasteiger partial charge is 0.356 e. The Balaban J connectivity index is 1.36. The number of urea groups is 1. The highest BCUT2D eigenvalue weighted by molar-refractivity contribution is 5.79. The van der Waals surface area contributed by atoms with E-state index in [9.17, 15) is 9.59 Å². The average molecular weight is 359 g/mol. The molecule has 2 heterocycles. The molecule has 1 aliphatic carbocycles. The number of aromatic nitrogens is 1. The van der Waals surface area contributed by atoms with Gasteiger partial charge in [0, 0.05) is 57.1 Å². The van der Waals surface area contributed by atoms with Crippen LogP contribution >= 0.6 is 0 Å². The molecule has 26 heavy (non-hydrogen) atoms. The second kappa shape index (κ2) is 8.98. The van der Waals surface area contributed by atoms with Crippen LogP contribution in [0.4, 0.5) is 4.79 Å². The van der Waals surface area contributed by atoms with Gasteiger partial charge in [0.05, 0.1) is 0 Å². The molecule has 1 aromatic heterocycles. The Morgan fingerprint density at radius 1 is 1.15 bits per heavy atom. The molecule has 2 N–H and O–H groups in total. The monoisotopic (exact) mass is 359 g/mol. The van der Waals surface area contributed by atoms with E-state index in [4.69, 9.17) is 0 Å². The minimum absolute atomic E-state index is 0.00484. The Kier molecular flexibility index (Phi) is 6.44. The van der Waals surface area contributed by atoms with E-state index in [1.165, 1.54) is 5.56 Å². The van der Waals surface area contributed by atoms with E-state index in [-0.39, 0.29) is 23.9 Å². The molecule has 7 nitrogen and oxygen atoms in total. The summed E-state index contributed by atoms with van der Waals surface area (Å²) in [5.74, 6) is 0.112. The van der Waals surface area contributed by atoms with Crippen LogP contribution in [0.1, 0.15) is 24.8 Å². The van der Waals surface area contributed by atoms with Crippen LogP contribution in [0.25, 0.3) is 0 Å². The summed E-state index contributed by atoms with van der Waals surface area (Å²) in [7, 11) is 2.07. The first-order chi connectivity index (χ1) is 12.6. The molecule has 0 spiro atoms. The van der Waals surface area contributed by atoms with Crippen LogP contribution in [0, 0.1) is 5.92 Å². The number of carbonyl (C=O) groups excluding carboxylic acids is 2. The lowest BCUT2D eigenvalue weighted by molar-refractivity contribution is -0.124. The van der Waals surface area contributed by atoms with E-state index in [1.807, 2.05) is 17.0 Å². The fourth-order valence-electron chi connectivity index (χ4n) is 3.65. The van der Waals surface area contributed by atoms with Crippen LogP contribution in [0.15, 0.2) is 24.5 Å². The van der Waals surface area contributed by atoms with Crippen LogP contribution < -0.4 is 10.6 Å². The van der Waals surface area contributed by atoms with Crippen molar-refractivity contribution in [3.05, 3.63) is 30.1 Å². The number of hydrogen-bond donors (Lipinski definition) is 2. The number of carbonyl (C=O) groups is 2. The number of amides is 3. The second-order valence-electron chi connectivity index (χ2n) is 7.34. The van der Waals surface area contributed by atoms with Gasteiger partial charge in [-0.1, -0.05) is 0 Å². The van der Waals surface area contributed by atoms with Crippen molar-refractivity contribution in [1.29, 1.82) is 0 Å². The molecule has 3 rings (SSSR count). The normalized spacial score (nSPS) is 23.7. The molecule has 0 radical (unpaired) electrons. The first kappa shape index (κ1) is 18.6. The van der Waals surface area contributed by atoms with Crippen LogP contribution in [0.5, 0.6) is 0 Å². The summed E-state index contributed by atoms with van der Waals surface area (Å²) in [6.07, 6.45) is 6.80. The van der Waals surface area contributed by atoms with Crippen LogP contribution in [0.3, 0.4) is 0 Å². The highest BCUT2D eigenvalue weighted by Gasteiger charge is 2.31. The number of likely N-dealkylation sites (N-methyl/N-ethyl adjacent to an activating group) is 1. The summed E-state index contributed by atoms with van der Waals surface area (Å²) in [5.41, 5.74) is 1.17. The maximum atomic E-state index is 12.4. The van der Waals surface area contributed by atoms with Gasteiger partial charge in [-0.2, -0.15) is 0 Å². The van der Waals surface area contributed by atoms with E-state index in [1.54, 1.807) is 12.4 Å². The van der Waals surface area contributed by atoms with E-state index in [2.05, 4.69) is 27.6 Å². The van der Waals surface area contributed by atoms with E-state index in [0.717, 1.165) is 51.9 Å². The topological polar surface area (TPSA) is 77.6 Å². The molecule has 7 heteroatoms. The van der Waals surface area contributed by atoms with Gasteiger partial charge in [0.15, 0.2) is 0 Å². The zero-order valence-electron chi connectivity index (χ0n) is 15.5. The Morgan fingerprint density at radius 2 is 1.88 bits per heavy atom. The SMILES string of the molecule is CN1CCN(C(=O)N[C@@H]2CC[C@H](C(=O)NCCc3ccncc3)C2)CC1. The van der Waals surface area contributed by atoms with E-state index >= 15 is 0 Å². The van der Waals surface area contributed by atoms with Gasteiger partial charge in [0.1, 0.15) is 0 Å². The Hall–Kier alpha value is -2.15. The highest BCUT2D eigenvalue weighted by Crippen LogP contribution is 2.26. The van der Waals surface area contributed by atoms with Crippen LogP contribution in [0.2, 0.25) is 0 Å². The summed E-state index contributed by atoms with van der Waals surface area (Å²) in [6, 6.07) is 4.05. The quantitative estimate of drug-likeness (QED) is 0.818. The van der Waals surface area contributed by atoms with E-state index in [0.29, 0.717) is 6.54 Å². The first-order valence-electron chi connectivity index (χ1n) is 9.52. The summed E-state index contributed by atoms with van der Waals surface area (Å²) >= 11 is 0. The predicted octanol–water partition coefficient (Wildman–Crippen LogP) is 0.866. The summed E-state index contributed by atoms with van der Waals surface area (Å²) in [6.45, 7) is 4.01. The summed E-state index contributed by atoms with van der Waals surface area (Å²) < 4.78 is 0. The molecule has 0 unspecified atom stereocenters. The zero-order valence-corrected chi connectivity index (χ0v) is 15.5. The van der Waals surface area contributed by atoms with Gasteiger partial charge in [-0.25, -0.2) is 4.79 Å². The minimum atomic E-state index is 0.00484. The number of hydrogen-bond acceptors (Lipinski definition) is 4. The van der Waals surface area contributed by atoms with Crippen molar-refractivity contribution < 1.29 is 9.59 Å². The molecule has 2 aliphatic rings. The van der Waals surface area contributed by atoms with Crippen molar-refractivity contribution in [2.45, 2.75) is 31.7 Å². The van der Waals surface area contributed by atoms with Crippen molar-refractivity contribution in [2.75, 3.05) is 39.8 Å². The average Bonchev–Trinajstić information content (AvgIpc) is 3.11. The molecule has 3 amide bonds. The van der Waals surface area contributed by atoms with Gasteiger partial charge in [-0.05, 0) is 50.4 Å². The number of nitrogens with zero attached hydrogens (tertiary/aromatic N) is 3. The Morgan fingerprint density at radius 3 is 2.62 bits per heavy atom. The molecule has 1 saturated heterocycles. The predicted molar refractivity (Wildman–Crippen MR) is 99.7 cm³/mol. The smallest absolute Gasteiger partial charge is 0.317 e. The lowest BCUT2D eigenvalue weighted by Gasteiger charge is -2.33. The molecule has 1 aromatic rings. The molecule has 2 atom stereocenters. The zero-order chi connectivity index (χ0) is 18.4. The van der Waals surface area contributed by atoms with Crippen molar-refractivity contribution in [3.63, 3.8) is 0 Å². The van der Waals surface area contributed by atoms with Crippen molar-refractivity contribution >= 4 is 11.9 Å². The van der Waals surface area contributed by atoms with Crippen molar-refractivity contribution in [3.8, 4) is 0 Å². The molecule has 0 bridgehead atoms. The van der Waals surface area contributed by atoms with Gasteiger partial charge in [0.25, 0.3) is 0 Å². The maximum Gasteiger partial charge on any atom is 0.317 e. The lowest BCUT2D eigenvalue weighted by Crippen LogP contribution is -2.52. The fourth-order valence-corrected chi connectivity index (χ4v) is 3.65. The van der Waals surface area contributed by atoms with Gasteiger partial charge in [-0.3, -0.25) is 9.78 Å². The standard InChI is InChI=1S/C19H29N5O2/c1-23-10-12-24(13-11-23)19(26)22-17-3-2-16(14-17)18(25)21-9-6-15-4-7-20-8-5-15/h4-5,7-8,16-17H,2-3,6,9-14H2,1H3,(H,21,25)(H,22,26)/t16-,17+/m0/s1. The maximum absolute atomic E-state index is 12.4. The number of rotatable bonds is 5. The highest BCUT2D eigenvalue weighted by atomic mass is 16.2. The number of nitrogens with one attached hydrogen (secondary N) is 2. The number of piperazine rings is 1. The second-order valence-corrected chi connectivity index (χ2v) is 7.34. The van der Waals surface area contributed by atoms with Gasteiger partial charge >= 0.3 is 6.03 Å². The van der Waals surface area contributed by atoms with E-state index < -0.39 is 0 Å². The lowest BCUT2D eigenvalue weighted by atomic mass is 10.1. The van der Waals surface area contributed by atoms with Crippen LogP contribution in [-0.4, -0.2) is 72.5 Å². The molecule has 142 valence electrons. The Bertz CT molecular complexity index is 601.